The zero-order valence-electron chi connectivity index (χ0n) is 7.24. The van der Waals surface area contributed by atoms with E-state index in [1.807, 2.05) is 0 Å². The van der Waals surface area contributed by atoms with Crippen LogP contribution in [-0.2, 0) is 0 Å². The molecule has 0 spiro atoms. The second kappa shape index (κ2) is 3.46. The van der Waals surface area contributed by atoms with Crippen LogP contribution in [0, 0.1) is 0 Å². The molecule has 1 fully saturated rings. The number of hydrogen-bond acceptors (Lipinski definition) is 3. The van der Waals surface area contributed by atoms with Gasteiger partial charge in [-0.3, -0.25) is 0 Å². The van der Waals surface area contributed by atoms with Gasteiger partial charge in [0.25, 0.3) is 0 Å². The average molecular weight is 214 g/mol. The van der Waals surface area contributed by atoms with Crippen molar-refractivity contribution in [1.82, 2.24) is 4.98 Å². The van der Waals surface area contributed by atoms with Crippen LogP contribution in [0.15, 0.2) is 12.3 Å². The van der Waals surface area contributed by atoms with Gasteiger partial charge in [0.05, 0.1) is 6.10 Å². The minimum atomic E-state index is -1.14. The van der Waals surface area contributed by atoms with Crippen LogP contribution < -0.4 is 4.74 Å². The van der Waals surface area contributed by atoms with Crippen LogP contribution in [0.3, 0.4) is 0 Å². The summed E-state index contributed by atoms with van der Waals surface area (Å²) in [5.74, 6) is -0.738. The number of carboxylic acids is 1. The number of pyridine rings is 1. The Kier molecular flexibility index (Phi) is 2.29. The molecular weight excluding hydrogens is 206 g/mol. The van der Waals surface area contributed by atoms with Gasteiger partial charge in [0.1, 0.15) is 10.8 Å². The van der Waals surface area contributed by atoms with E-state index in [9.17, 15) is 4.79 Å². The minimum absolute atomic E-state index is 0.0758. The molecule has 0 aliphatic heterocycles. The topological polar surface area (TPSA) is 59.4 Å². The van der Waals surface area contributed by atoms with Gasteiger partial charge in [-0.05, 0) is 12.8 Å². The summed E-state index contributed by atoms with van der Waals surface area (Å²) in [6.45, 7) is 0. The summed E-state index contributed by atoms with van der Waals surface area (Å²) in [5, 5.41) is 8.81. The van der Waals surface area contributed by atoms with Crippen molar-refractivity contribution in [3.05, 3.63) is 23.0 Å². The summed E-state index contributed by atoms with van der Waals surface area (Å²) in [6.07, 6.45) is 3.58. The molecule has 0 bridgehead atoms. The molecule has 1 saturated carbocycles. The van der Waals surface area contributed by atoms with Crippen molar-refractivity contribution in [2.45, 2.75) is 18.9 Å². The third-order valence-electron chi connectivity index (χ3n) is 1.87. The Balaban J connectivity index is 2.30. The number of nitrogens with zero attached hydrogens (tertiary/aromatic N) is 1. The van der Waals surface area contributed by atoms with E-state index in [4.69, 9.17) is 21.4 Å². The van der Waals surface area contributed by atoms with Gasteiger partial charge in [-0.1, -0.05) is 11.6 Å². The van der Waals surface area contributed by atoms with Crippen molar-refractivity contribution >= 4 is 17.6 Å². The number of ether oxygens (including phenoxy) is 1. The monoisotopic (exact) mass is 213 g/mol. The molecule has 1 aliphatic carbocycles. The first kappa shape index (κ1) is 9.27. The zero-order chi connectivity index (χ0) is 10.1. The second-order valence-electron chi connectivity index (χ2n) is 3.09. The number of halogens is 1. The molecule has 0 amide bonds. The van der Waals surface area contributed by atoms with E-state index >= 15 is 0 Å². The van der Waals surface area contributed by atoms with Crippen LogP contribution in [0.2, 0.25) is 5.02 Å². The molecule has 1 N–H and O–H groups in total. The third kappa shape index (κ3) is 1.80. The Morgan fingerprint density at radius 2 is 2.36 bits per heavy atom. The summed E-state index contributed by atoms with van der Waals surface area (Å²) >= 11 is 5.81. The Bertz CT molecular complexity index is 376. The maximum absolute atomic E-state index is 10.7. The van der Waals surface area contributed by atoms with Gasteiger partial charge in [-0.15, -0.1) is 0 Å². The summed E-state index contributed by atoms with van der Waals surface area (Å²) in [6, 6.07) is 1.58. The van der Waals surface area contributed by atoms with Crippen LogP contribution in [0.25, 0.3) is 0 Å². The highest BCUT2D eigenvalue weighted by Gasteiger charge is 2.25. The lowest BCUT2D eigenvalue weighted by Crippen LogP contribution is -2.04. The predicted octanol–water partition coefficient (Wildman–Crippen LogP) is 1.97. The maximum atomic E-state index is 10.7. The quantitative estimate of drug-likeness (QED) is 0.834. The molecule has 14 heavy (non-hydrogen) atoms. The van der Waals surface area contributed by atoms with E-state index in [0.717, 1.165) is 12.8 Å². The summed E-state index contributed by atoms with van der Waals surface area (Å²) in [5.41, 5.74) is -0.162. The van der Waals surface area contributed by atoms with Gasteiger partial charge in [-0.2, -0.15) is 0 Å². The zero-order valence-corrected chi connectivity index (χ0v) is 7.99. The Morgan fingerprint density at radius 1 is 1.64 bits per heavy atom. The lowest BCUT2D eigenvalue weighted by Gasteiger charge is -2.06. The predicted molar refractivity (Wildman–Crippen MR) is 49.9 cm³/mol. The molecule has 1 heterocycles. The maximum Gasteiger partial charge on any atom is 0.356 e. The van der Waals surface area contributed by atoms with Crippen molar-refractivity contribution < 1.29 is 14.6 Å². The fraction of sp³-hybridized carbons (Fsp3) is 0.333. The molecule has 0 aromatic carbocycles. The van der Waals surface area contributed by atoms with Crippen LogP contribution in [0.5, 0.6) is 5.75 Å². The normalized spacial score (nSPS) is 15.2. The Labute approximate surface area is 85.5 Å². The van der Waals surface area contributed by atoms with E-state index in [1.54, 1.807) is 6.07 Å². The number of rotatable bonds is 3. The average Bonchev–Trinajstić information content (AvgIpc) is 2.92. The van der Waals surface area contributed by atoms with Crippen molar-refractivity contribution in [2.75, 3.05) is 0 Å². The molecule has 1 aromatic heterocycles. The summed E-state index contributed by atoms with van der Waals surface area (Å²) < 4.78 is 5.41. The molecule has 0 radical (unpaired) electrons. The van der Waals surface area contributed by atoms with Crippen molar-refractivity contribution in [3.8, 4) is 5.75 Å². The van der Waals surface area contributed by atoms with E-state index < -0.39 is 5.97 Å². The van der Waals surface area contributed by atoms with Gasteiger partial charge in [-0.25, -0.2) is 9.78 Å². The van der Waals surface area contributed by atoms with Crippen molar-refractivity contribution in [1.29, 1.82) is 0 Å². The number of aromatic nitrogens is 1. The number of hydrogen-bond donors (Lipinski definition) is 1. The highest BCUT2D eigenvalue weighted by Crippen LogP contribution is 2.32. The lowest BCUT2D eigenvalue weighted by molar-refractivity contribution is 0.0690. The number of carboxylic acid groups (broad SMARTS) is 1. The molecule has 0 saturated heterocycles. The first-order valence-corrected chi connectivity index (χ1v) is 4.60. The first-order valence-electron chi connectivity index (χ1n) is 4.23. The standard InChI is InChI=1S/C9H8ClNO3/c10-7-6(14-5-1-2-5)3-4-11-8(7)9(12)13/h3-5H,1-2H2,(H,12,13). The molecule has 0 unspecified atom stereocenters. The van der Waals surface area contributed by atoms with Crippen LogP contribution >= 0.6 is 11.6 Å². The van der Waals surface area contributed by atoms with E-state index in [2.05, 4.69) is 4.98 Å². The molecule has 1 aromatic rings. The summed E-state index contributed by atoms with van der Waals surface area (Å²) in [4.78, 5) is 14.3. The third-order valence-corrected chi connectivity index (χ3v) is 2.24. The van der Waals surface area contributed by atoms with E-state index in [-0.39, 0.29) is 16.8 Å². The Morgan fingerprint density at radius 3 is 2.93 bits per heavy atom. The first-order chi connectivity index (χ1) is 6.68. The summed E-state index contributed by atoms with van der Waals surface area (Å²) in [7, 11) is 0. The number of carbonyl (C=O) groups is 1. The van der Waals surface area contributed by atoms with Crippen LogP contribution in [-0.4, -0.2) is 22.2 Å². The fourth-order valence-corrected chi connectivity index (χ4v) is 1.27. The number of aromatic carboxylic acids is 1. The molecule has 2 rings (SSSR count). The SMILES string of the molecule is O=C(O)c1nccc(OC2CC2)c1Cl. The largest absolute Gasteiger partial charge is 0.489 e. The highest BCUT2D eigenvalue weighted by molar-refractivity contribution is 6.34. The van der Waals surface area contributed by atoms with Crippen molar-refractivity contribution in [3.63, 3.8) is 0 Å². The van der Waals surface area contributed by atoms with Crippen LogP contribution in [0.4, 0.5) is 0 Å². The fourth-order valence-electron chi connectivity index (χ4n) is 1.03. The van der Waals surface area contributed by atoms with E-state index in [1.165, 1.54) is 6.20 Å². The van der Waals surface area contributed by atoms with Crippen molar-refractivity contribution in [2.24, 2.45) is 0 Å². The lowest BCUT2D eigenvalue weighted by atomic mass is 10.3. The smallest absolute Gasteiger partial charge is 0.356 e. The van der Waals surface area contributed by atoms with Crippen LogP contribution in [0.1, 0.15) is 23.3 Å². The highest BCUT2D eigenvalue weighted by atomic mass is 35.5. The molecule has 74 valence electrons. The molecule has 1 aliphatic rings. The molecular formula is C9H8ClNO3. The van der Waals surface area contributed by atoms with E-state index in [0.29, 0.717) is 5.75 Å². The van der Waals surface area contributed by atoms with Gasteiger partial charge < -0.3 is 9.84 Å². The molecule has 4 nitrogen and oxygen atoms in total. The Hall–Kier alpha value is -1.29. The van der Waals surface area contributed by atoms with Gasteiger partial charge in [0, 0.05) is 12.3 Å². The molecule has 0 atom stereocenters. The van der Waals surface area contributed by atoms with Gasteiger partial charge in [0.2, 0.25) is 0 Å². The van der Waals surface area contributed by atoms with Gasteiger partial charge >= 0.3 is 5.97 Å². The van der Waals surface area contributed by atoms with Gasteiger partial charge in [0.15, 0.2) is 5.69 Å². The molecule has 5 heteroatoms. The minimum Gasteiger partial charge on any atom is -0.489 e. The second-order valence-corrected chi connectivity index (χ2v) is 3.47.